The van der Waals surface area contributed by atoms with E-state index in [2.05, 4.69) is 27.3 Å². The van der Waals surface area contributed by atoms with Gasteiger partial charge >= 0.3 is 5.97 Å². The SMILES string of the molecule is N#CC1(NC(=O)COC(=O)/C=C/c2ccccc2Br)CCCCC1. The number of amides is 1. The standard InChI is InChI=1S/C18H19BrN2O3/c19-15-7-3-2-6-14(15)8-9-17(23)24-12-16(22)21-18(13-20)10-4-1-5-11-18/h2-3,6-9H,1,4-5,10-12H2,(H,21,22)/b9-8+. The van der Waals surface area contributed by atoms with E-state index in [0.717, 1.165) is 29.3 Å². The molecule has 0 aromatic heterocycles. The summed E-state index contributed by atoms with van der Waals surface area (Å²) in [6, 6.07) is 9.64. The van der Waals surface area contributed by atoms with Crippen molar-refractivity contribution in [2.24, 2.45) is 0 Å². The normalized spacial score (nSPS) is 16.3. The van der Waals surface area contributed by atoms with E-state index >= 15 is 0 Å². The van der Waals surface area contributed by atoms with Crippen molar-refractivity contribution in [2.45, 2.75) is 37.6 Å². The van der Waals surface area contributed by atoms with Crippen LogP contribution in [0.25, 0.3) is 6.08 Å². The van der Waals surface area contributed by atoms with Gasteiger partial charge in [0.2, 0.25) is 0 Å². The van der Waals surface area contributed by atoms with Gasteiger partial charge in [-0.05, 0) is 30.5 Å². The first-order chi connectivity index (χ1) is 11.5. The van der Waals surface area contributed by atoms with Crippen LogP contribution in [0.1, 0.15) is 37.7 Å². The third-order valence-corrected chi connectivity index (χ3v) is 4.67. The molecule has 1 aromatic carbocycles. The van der Waals surface area contributed by atoms with E-state index < -0.39 is 17.4 Å². The molecule has 1 N–H and O–H groups in total. The predicted octanol–water partition coefficient (Wildman–Crippen LogP) is 3.35. The molecular weight excluding hydrogens is 372 g/mol. The Morgan fingerprint density at radius 3 is 2.67 bits per heavy atom. The fourth-order valence-electron chi connectivity index (χ4n) is 2.68. The van der Waals surface area contributed by atoms with Crippen LogP contribution in [0.4, 0.5) is 0 Å². The van der Waals surface area contributed by atoms with Crippen LogP contribution in [0, 0.1) is 11.3 Å². The lowest BCUT2D eigenvalue weighted by Crippen LogP contribution is -2.49. The molecule has 0 saturated heterocycles. The fourth-order valence-corrected chi connectivity index (χ4v) is 3.09. The molecular formula is C18H19BrN2O3. The molecule has 1 aliphatic rings. The molecule has 1 saturated carbocycles. The van der Waals surface area contributed by atoms with Crippen LogP contribution < -0.4 is 5.32 Å². The molecule has 6 heteroatoms. The second kappa shape index (κ2) is 8.65. The second-order valence-corrected chi connectivity index (χ2v) is 6.62. The van der Waals surface area contributed by atoms with Crippen molar-refractivity contribution in [3.63, 3.8) is 0 Å². The Balaban J connectivity index is 1.82. The van der Waals surface area contributed by atoms with E-state index in [0.29, 0.717) is 12.8 Å². The van der Waals surface area contributed by atoms with Crippen molar-refractivity contribution < 1.29 is 14.3 Å². The summed E-state index contributed by atoms with van der Waals surface area (Å²) in [5.74, 6) is -1.04. The summed E-state index contributed by atoms with van der Waals surface area (Å²) in [7, 11) is 0. The number of benzene rings is 1. The molecule has 0 aliphatic heterocycles. The lowest BCUT2D eigenvalue weighted by atomic mass is 9.83. The van der Waals surface area contributed by atoms with Crippen molar-refractivity contribution >= 4 is 33.9 Å². The molecule has 1 aliphatic carbocycles. The second-order valence-electron chi connectivity index (χ2n) is 5.77. The number of carbonyl (C=O) groups excluding carboxylic acids is 2. The number of hydrogen-bond acceptors (Lipinski definition) is 4. The van der Waals surface area contributed by atoms with Gasteiger partial charge < -0.3 is 10.1 Å². The average molecular weight is 391 g/mol. The third kappa shape index (κ3) is 5.20. The molecule has 0 spiro atoms. The predicted molar refractivity (Wildman–Crippen MR) is 93.7 cm³/mol. The molecule has 0 unspecified atom stereocenters. The van der Waals surface area contributed by atoms with Crippen LogP contribution in [-0.4, -0.2) is 24.0 Å². The summed E-state index contributed by atoms with van der Waals surface area (Å²) in [5, 5.41) is 12.0. The van der Waals surface area contributed by atoms with Crippen LogP contribution in [0.2, 0.25) is 0 Å². The Hall–Kier alpha value is -2.13. The van der Waals surface area contributed by atoms with E-state index in [1.807, 2.05) is 24.3 Å². The quantitative estimate of drug-likeness (QED) is 0.617. The Morgan fingerprint density at radius 2 is 2.00 bits per heavy atom. The van der Waals surface area contributed by atoms with Gasteiger partial charge in [-0.3, -0.25) is 4.79 Å². The van der Waals surface area contributed by atoms with Gasteiger partial charge in [-0.1, -0.05) is 53.4 Å². The highest BCUT2D eigenvalue weighted by atomic mass is 79.9. The van der Waals surface area contributed by atoms with Crippen LogP contribution in [0.5, 0.6) is 0 Å². The van der Waals surface area contributed by atoms with Gasteiger partial charge in [0.15, 0.2) is 6.61 Å². The number of nitriles is 1. The van der Waals surface area contributed by atoms with E-state index in [9.17, 15) is 14.9 Å². The van der Waals surface area contributed by atoms with Crippen LogP contribution in [0.15, 0.2) is 34.8 Å². The fraction of sp³-hybridized carbons (Fsp3) is 0.389. The molecule has 1 fully saturated rings. The highest BCUT2D eigenvalue weighted by Gasteiger charge is 2.33. The lowest BCUT2D eigenvalue weighted by Gasteiger charge is -2.31. The summed E-state index contributed by atoms with van der Waals surface area (Å²) in [4.78, 5) is 23.6. The van der Waals surface area contributed by atoms with E-state index in [4.69, 9.17) is 4.74 Å². The molecule has 5 nitrogen and oxygen atoms in total. The number of nitrogens with one attached hydrogen (secondary N) is 1. The molecule has 1 aromatic rings. The van der Waals surface area contributed by atoms with Crippen molar-refractivity contribution in [1.82, 2.24) is 5.32 Å². The summed E-state index contributed by atoms with van der Waals surface area (Å²) < 4.78 is 5.80. The van der Waals surface area contributed by atoms with Gasteiger partial charge in [0.25, 0.3) is 5.91 Å². The summed E-state index contributed by atoms with van der Waals surface area (Å²) in [6.07, 6.45) is 7.09. The molecule has 0 radical (unpaired) electrons. The first-order valence-electron chi connectivity index (χ1n) is 7.86. The minimum atomic E-state index is -0.813. The van der Waals surface area contributed by atoms with Gasteiger partial charge in [0.1, 0.15) is 5.54 Å². The van der Waals surface area contributed by atoms with Crippen LogP contribution >= 0.6 is 15.9 Å². The van der Waals surface area contributed by atoms with Gasteiger partial charge in [-0.25, -0.2) is 4.79 Å². The maximum absolute atomic E-state index is 11.9. The zero-order chi connectivity index (χ0) is 17.4. The minimum absolute atomic E-state index is 0.386. The Labute approximate surface area is 149 Å². The number of carbonyl (C=O) groups is 2. The average Bonchev–Trinajstić information content (AvgIpc) is 2.60. The van der Waals surface area contributed by atoms with Gasteiger partial charge in [0, 0.05) is 10.5 Å². The molecule has 0 atom stereocenters. The first kappa shape index (κ1) is 18.2. The Bertz CT molecular complexity index is 673. The zero-order valence-corrected chi connectivity index (χ0v) is 14.8. The molecule has 0 bridgehead atoms. The lowest BCUT2D eigenvalue weighted by molar-refractivity contribution is -0.144. The Kier molecular flexibility index (Phi) is 6.56. The zero-order valence-electron chi connectivity index (χ0n) is 13.3. The maximum Gasteiger partial charge on any atom is 0.331 e. The van der Waals surface area contributed by atoms with Crippen molar-refractivity contribution in [2.75, 3.05) is 6.61 Å². The first-order valence-corrected chi connectivity index (χ1v) is 8.66. The van der Waals surface area contributed by atoms with Crippen LogP contribution in [0.3, 0.4) is 0 Å². The summed E-state index contributed by atoms with van der Waals surface area (Å²) in [5.41, 5.74) is 0.0245. The number of nitrogens with zero attached hydrogens (tertiary/aromatic N) is 1. The van der Waals surface area contributed by atoms with Gasteiger partial charge in [-0.15, -0.1) is 0 Å². The number of halogens is 1. The molecule has 126 valence electrons. The molecule has 24 heavy (non-hydrogen) atoms. The number of hydrogen-bond donors (Lipinski definition) is 1. The number of ether oxygens (including phenoxy) is 1. The summed E-state index contributed by atoms with van der Waals surface area (Å²) >= 11 is 3.38. The summed E-state index contributed by atoms with van der Waals surface area (Å²) in [6.45, 7) is -0.386. The minimum Gasteiger partial charge on any atom is -0.452 e. The monoisotopic (exact) mass is 390 g/mol. The van der Waals surface area contributed by atoms with Crippen molar-refractivity contribution in [3.8, 4) is 6.07 Å². The number of esters is 1. The van der Waals surface area contributed by atoms with Crippen molar-refractivity contribution in [3.05, 3.63) is 40.4 Å². The van der Waals surface area contributed by atoms with Gasteiger partial charge in [0.05, 0.1) is 6.07 Å². The molecule has 1 amide bonds. The van der Waals surface area contributed by atoms with Crippen LogP contribution in [-0.2, 0) is 14.3 Å². The van der Waals surface area contributed by atoms with Crippen molar-refractivity contribution in [1.29, 1.82) is 5.26 Å². The Morgan fingerprint density at radius 1 is 1.29 bits per heavy atom. The van der Waals surface area contributed by atoms with E-state index in [-0.39, 0.29) is 6.61 Å². The highest BCUT2D eigenvalue weighted by molar-refractivity contribution is 9.10. The molecule has 0 heterocycles. The smallest absolute Gasteiger partial charge is 0.331 e. The molecule has 2 rings (SSSR count). The maximum atomic E-state index is 11.9. The largest absolute Gasteiger partial charge is 0.452 e. The van der Waals surface area contributed by atoms with Gasteiger partial charge in [-0.2, -0.15) is 5.26 Å². The highest BCUT2D eigenvalue weighted by Crippen LogP contribution is 2.27. The van der Waals surface area contributed by atoms with E-state index in [1.165, 1.54) is 6.08 Å². The topological polar surface area (TPSA) is 79.2 Å². The number of rotatable bonds is 5. The third-order valence-electron chi connectivity index (χ3n) is 3.95. The van der Waals surface area contributed by atoms with E-state index in [1.54, 1.807) is 6.08 Å².